The molecular weight excluding hydrogens is 216 g/mol. The van der Waals surface area contributed by atoms with E-state index in [0.717, 1.165) is 25.1 Å². The number of carbonyl (C=O) groups excluding carboxylic acids is 1. The van der Waals surface area contributed by atoms with Crippen molar-refractivity contribution >= 4 is 5.91 Å². The number of hydrogen-bond acceptors (Lipinski definition) is 3. The summed E-state index contributed by atoms with van der Waals surface area (Å²) >= 11 is 0. The third kappa shape index (κ3) is 2.93. The van der Waals surface area contributed by atoms with E-state index < -0.39 is 0 Å². The van der Waals surface area contributed by atoms with Gasteiger partial charge in [-0.1, -0.05) is 12.2 Å². The second kappa shape index (κ2) is 5.12. The van der Waals surface area contributed by atoms with Gasteiger partial charge in [0.15, 0.2) is 5.82 Å². The lowest BCUT2D eigenvalue weighted by Gasteiger charge is -2.23. The summed E-state index contributed by atoms with van der Waals surface area (Å²) in [5.74, 6) is 1.77. The van der Waals surface area contributed by atoms with Crippen molar-refractivity contribution in [3.05, 3.63) is 23.8 Å². The fraction of sp³-hybridized carbons (Fsp3) is 0.583. The van der Waals surface area contributed by atoms with Crippen LogP contribution >= 0.6 is 0 Å². The van der Waals surface area contributed by atoms with Crippen LogP contribution in [-0.2, 0) is 11.3 Å². The Balaban J connectivity index is 1.93. The van der Waals surface area contributed by atoms with E-state index in [2.05, 4.69) is 27.3 Å². The van der Waals surface area contributed by atoms with Gasteiger partial charge in [-0.25, -0.2) is 4.98 Å². The summed E-state index contributed by atoms with van der Waals surface area (Å²) in [4.78, 5) is 18.1. The number of hydrogen-bond donors (Lipinski definition) is 1. The smallest absolute Gasteiger partial charge is 0.226 e. The summed E-state index contributed by atoms with van der Waals surface area (Å²) in [5.41, 5.74) is 0. The topological polar surface area (TPSA) is 61.9 Å². The van der Waals surface area contributed by atoms with Crippen molar-refractivity contribution in [1.29, 1.82) is 0 Å². The number of aryl methyl sites for hydroxylation is 1. The van der Waals surface area contributed by atoms with E-state index in [1.54, 1.807) is 4.90 Å². The third-order valence-electron chi connectivity index (χ3n) is 3.02. The molecule has 0 saturated heterocycles. The Kier molecular flexibility index (Phi) is 3.56. The molecule has 1 aromatic heterocycles. The van der Waals surface area contributed by atoms with Crippen LogP contribution in [0.4, 0.5) is 0 Å². The van der Waals surface area contributed by atoms with E-state index in [4.69, 9.17) is 0 Å². The highest BCUT2D eigenvalue weighted by Crippen LogP contribution is 2.20. The molecule has 17 heavy (non-hydrogen) atoms. The van der Waals surface area contributed by atoms with Gasteiger partial charge in [-0.3, -0.25) is 9.89 Å². The highest BCUT2D eigenvalue weighted by Gasteiger charge is 2.22. The Labute approximate surface area is 101 Å². The third-order valence-corrected chi connectivity index (χ3v) is 3.02. The largest absolute Gasteiger partial charge is 0.338 e. The number of aromatic nitrogens is 3. The number of rotatable bonds is 3. The maximum atomic E-state index is 12.1. The molecule has 1 heterocycles. The van der Waals surface area contributed by atoms with E-state index in [1.165, 1.54) is 0 Å². The van der Waals surface area contributed by atoms with Crippen LogP contribution in [0.2, 0.25) is 0 Å². The monoisotopic (exact) mass is 234 g/mol. The predicted molar refractivity (Wildman–Crippen MR) is 64.1 cm³/mol. The molecule has 2 rings (SSSR count). The Morgan fingerprint density at radius 3 is 3.00 bits per heavy atom. The van der Waals surface area contributed by atoms with E-state index in [1.807, 2.05) is 14.0 Å². The van der Waals surface area contributed by atoms with Crippen LogP contribution < -0.4 is 0 Å². The first-order valence-electron chi connectivity index (χ1n) is 5.94. The maximum absolute atomic E-state index is 12.1. The van der Waals surface area contributed by atoms with Gasteiger partial charge in [0.2, 0.25) is 5.91 Å². The SMILES string of the molecule is Cc1nc(CN(C)C(=O)C2CC=CCC2)n[nH]1. The van der Waals surface area contributed by atoms with E-state index in [-0.39, 0.29) is 11.8 Å². The van der Waals surface area contributed by atoms with Crippen molar-refractivity contribution in [3.63, 3.8) is 0 Å². The molecule has 0 fully saturated rings. The van der Waals surface area contributed by atoms with Crippen molar-refractivity contribution in [2.75, 3.05) is 7.05 Å². The Hall–Kier alpha value is -1.65. The van der Waals surface area contributed by atoms with Crippen molar-refractivity contribution in [2.45, 2.75) is 32.7 Å². The first kappa shape index (κ1) is 11.8. The fourth-order valence-corrected chi connectivity index (χ4v) is 2.08. The molecular formula is C12H18N4O. The molecule has 5 heteroatoms. The Morgan fingerprint density at radius 2 is 2.41 bits per heavy atom. The lowest BCUT2D eigenvalue weighted by molar-refractivity contribution is -0.135. The molecule has 92 valence electrons. The number of aromatic amines is 1. The van der Waals surface area contributed by atoms with Gasteiger partial charge in [-0.15, -0.1) is 0 Å². The molecule has 0 aliphatic heterocycles. The van der Waals surface area contributed by atoms with Gasteiger partial charge in [0.05, 0.1) is 6.54 Å². The number of H-pyrrole nitrogens is 1. The Bertz CT molecular complexity index is 424. The molecule has 1 amide bonds. The van der Waals surface area contributed by atoms with E-state index in [0.29, 0.717) is 12.4 Å². The number of carbonyl (C=O) groups is 1. The lowest BCUT2D eigenvalue weighted by Crippen LogP contribution is -2.33. The van der Waals surface area contributed by atoms with Crippen LogP contribution in [0.1, 0.15) is 30.9 Å². The van der Waals surface area contributed by atoms with Gasteiger partial charge in [0.1, 0.15) is 5.82 Å². The van der Waals surface area contributed by atoms with Crippen LogP contribution in [0.3, 0.4) is 0 Å². The van der Waals surface area contributed by atoms with Crippen LogP contribution in [-0.4, -0.2) is 33.0 Å². The molecule has 1 N–H and O–H groups in total. The second-order valence-electron chi connectivity index (χ2n) is 4.51. The van der Waals surface area contributed by atoms with Gasteiger partial charge < -0.3 is 4.90 Å². The molecule has 0 radical (unpaired) electrons. The summed E-state index contributed by atoms with van der Waals surface area (Å²) in [6.07, 6.45) is 7.05. The first-order valence-corrected chi connectivity index (χ1v) is 5.94. The summed E-state index contributed by atoms with van der Waals surface area (Å²) in [7, 11) is 1.81. The summed E-state index contributed by atoms with van der Waals surface area (Å²) in [6, 6.07) is 0. The van der Waals surface area contributed by atoms with Gasteiger partial charge in [0, 0.05) is 13.0 Å². The first-order chi connectivity index (χ1) is 8.16. The predicted octanol–water partition coefficient (Wildman–Crippen LogP) is 1.43. The molecule has 5 nitrogen and oxygen atoms in total. The van der Waals surface area contributed by atoms with Gasteiger partial charge in [0.25, 0.3) is 0 Å². The average molecular weight is 234 g/mol. The van der Waals surface area contributed by atoms with Crippen LogP contribution in [0, 0.1) is 12.8 Å². The normalized spacial score (nSPS) is 19.3. The summed E-state index contributed by atoms with van der Waals surface area (Å²) in [5, 5.41) is 6.82. The number of nitrogens with one attached hydrogen (secondary N) is 1. The highest BCUT2D eigenvalue weighted by atomic mass is 16.2. The molecule has 1 unspecified atom stereocenters. The minimum absolute atomic E-state index is 0.130. The van der Waals surface area contributed by atoms with Crippen LogP contribution in [0.25, 0.3) is 0 Å². The van der Waals surface area contributed by atoms with Gasteiger partial charge in [-0.05, 0) is 26.2 Å². The fourth-order valence-electron chi connectivity index (χ4n) is 2.08. The number of allylic oxidation sites excluding steroid dienone is 2. The van der Waals surface area contributed by atoms with Crippen molar-refractivity contribution in [3.8, 4) is 0 Å². The average Bonchev–Trinajstić information content (AvgIpc) is 2.75. The lowest BCUT2D eigenvalue weighted by atomic mass is 9.93. The van der Waals surface area contributed by atoms with Crippen molar-refractivity contribution < 1.29 is 4.79 Å². The number of amides is 1. The quantitative estimate of drug-likeness (QED) is 0.805. The minimum atomic E-state index is 0.130. The standard InChI is InChI=1S/C12H18N4O/c1-9-13-11(15-14-9)8-16(2)12(17)10-6-4-3-5-7-10/h3-4,10H,5-8H2,1-2H3,(H,13,14,15). The molecule has 0 saturated carbocycles. The molecule has 1 atom stereocenters. The van der Waals surface area contributed by atoms with Crippen molar-refractivity contribution in [1.82, 2.24) is 20.1 Å². The minimum Gasteiger partial charge on any atom is -0.338 e. The van der Waals surface area contributed by atoms with Crippen molar-refractivity contribution in [2.24, 2.45) is 5.92 Å². The zero-order valence-electron chi connectivity index (χ0n) is 10.3. The van der Waals surface area contributed by atoms with Crippen LogP contribution in [0.5, 0.6) is 0 Å². The molecule has 0 bridgehead atoms. The summed E-state index contributed by atoms with van der Waals surface area (Å²) in [6.45, 7) is 2.33. The van der Waals surface area contributed by atoms with E-state index >= 15 is 0 Å². The van der Waals surface area contributed by atoms with Gasteiger partial charge >= 0.3 is 0 Å². The second-order valence-corrected chi connectivity index (χ2v) is 4.51. The maximum Gasteiger partial charge on any atom is 0.226 e. The highest BCUT2D eigenvalue weighted by molar-refractivity contribution is 5.78. The molecule has 1 aliphatic carbocycles. The van der Waals surface area contributed by atoms with Gasteiger partial charge in [-0.2, -0.15) is 5.10 Å². The van der Waals surface area contributed by atoms with Crippen LogP contribution in [0.15, 0.2) is 12.2 Å². The zero-order chi connectivity index (χ0) is 12.3. The molecule has 0 spiro atoms. The summed E-state index contributed by atoms with van der Waals surface area (Å²) < 4.78 is 0. The van der Waals surface area contributed by atoms with E-state index in [9.17, 15) is 4.79 Å². The molecule has 0 aromatic carbocycles. The molecule has 1 aromatic rings. The number of nitrogens with zero attached hydrogens (tertiary/aromatic N) is 3. The molecule has 1 aliphatic rings. The Morgan fingerprint density at radius 1 is 1.59 bits per heavy atom. The zero-order valence-corrected chi connectivity index (χ0v) is 10.3.